The lowest BCUT2D eigenvalue weighted by Crippen LogP contribution is -2.43. The van der Waals surface area contributed by atoms with Gasteiger partial charge in [-0.1, -0.05) is 61.2 Å². The number of amides is 3. The van der Waals surface area contributed by atoms with Crippen molar-refractivity contribution in [2.75, 3.05) is 31.4 Å². The van der Waals surface area contributed by atoms with Crippen LogP contribution >= 0.6 is 11.8 Å². The zero-order chi connectivity index (χ0) is 25.9. The topological polar surface area (TPSA) is 143 Å². The van der Waals surface area contributed by atoms with E-state index in [1.165, 1.54) is 6.08 Å². The molecular weight excluding hydrogens is 486 g/mol. The Bertz CT molecular complexity index is 1080. The number of carbonyl (C=O) groups is 4. The smallest absolute Gasteiger partial charge is 0.407 e. The first kappa shape index (κ1) is 26.6. The van der Waals surface area contributed by atoms with Crippen molar-refractivity contribution in [3.8, 4) is 11.1 Å². The zero-order valence-corrected chi connectivity index (χ0v) is 20.2. The molecule has 4 N–H and O–H groups in total. The van der Waals surface area contributed by atoms with Crippen LogP contribution in [0.5, 0.6) is 0 Å². The summed E-state index contributed by atoms with van der Waals surface area (Å²) in [6.45, 7) is 3.20. The minimum absolute atomic E-state index is 0.00534. The molecule has 0 bridgehead atoms. The number of fused-ring (bicyclic) bond motifs is 3. The lowest BCUT2D eigenvalue weighted by Gasteiger charge is -2.17. The standard InChI is InChI=1S/C25H27N3O7S/c1-2-11-34-24(32)26-12-22(29)27-15-36-14-21(23(30)31)28-25(33)35-13-20-18-9-5-3-7-16(18)17-8-4-6-10-19(17)20/h2-10,20-21H,1,11-15H2,(H,26,32)(H,27,29)(H,28,33)(H,30,31). The number of benzene rings is 2. The Morgan fingerprint density at radius 1 is 0.972 bits per heavy atom. The summed E-state index contributed by atoms with van der Waals surface area (Å²) >= 11 is 1.09. The van der Waals surface area contributed by atoms with Crippen LogP contribution in [0.25, 0.3) is 11.1 Å². The maximum atomic E-state index is 12.4. The van der Waals surface area contributed by atoms with Crippen molar-refractivity contribution < 1.29 is 33.8 Å². The maximum Gasteiger partial charge on any atom is 0.407 e. The molecule has 1 unspecified atom stereocenters. The molecule has 2 aromatic carbocycles. The van der Waals surface area contributed by atoms with Gasteiger partial charge in [0.1, 0.15) is 25.8 Å². The summed E-state index contributed by atoms with van der Waals surface area (Å²) in [6, 6.07) is 14.6. The molecule has 0 aliphatic heterocycles. The Balaban J connectivity index is 1.42. The predicted octanol–water partition coefficient (Wildman–Crippen LogP) is 2.70. The van der Waals surface area contributed by atoms with Gasteiger partial charge in [0, 0.05) is 11.7 Å². The lowest BCUT2D eigenvalue weighted by atomic mass is 9.98. The number of carbonyl (C=O) groups excluding carboxylic acids is 3. The first-order chi connectivity index (χ1) is 17.4. The van der Waals surface area contributed by atoms with Gasteiger partial charge in [0.05, 0.1) is 5.88 Å². The third-order valence-electron chi connectivity index (χ3n) is 5.32. The number of ether oxygens (including phenoxy) is 2. The number of nitrogens with one attached hydrogen (secondary N) is 3. The SMILES string of the molecule is C=CCOC(=O)NCC(=O)NCSCC(NC(=O)OCC1c2ccccc2-c2ccccc21)C(=O)O. The molecule has 1 aliphatic carbocycles. The predicted molar refractivity (Wildman–Crippen MR) is 135 cm³/mol. The Labute approximate surface area is 212 Å². The zero-order valence-electron chi connectivity index (χ0n) is 19.4. The number of hydrogen-bond donors (Lipinski definition) is 4. The number of carboxylic acid groups (broad SMARTS) is 1. The third-order valence-corrected chi connectivity index (χ3v) is 6.23. The molecule has 0 aromatic heterocycles. The molecular formula is C25H27N3O7S. The highest BCUT2D eigenvalue weighted by atomic mass is 32.2. The molecule has 0 radical (unpaired) electrons. The molecule has 11 heteroatoms. The van der Waals surface area contributed by atoms with Crippen LogP contribution in [0.1, 0.15) is 17.0 Å². The van der Waals surface area contributed by atoms with E-state index in [0.717, 1.165) is 34.0 Å². The molecule has 1 aliphatic rings. The van der Waals surface area contributed by atoms with Crippen LogP contribution in [0.15, 0.2) is 61.2 Å². The van der Waals surface area contributed by atoms with Gasteiger partial charge in [0.15, 0.2) is 0 Å². The van der Waals surface area contributed by atoms with Crippen LogP contribution in [0, 0.1) is 0 Å². The van der Waals surface area contributed by atoms with Crippen molar-refractivity contribution in [1.82, 2.24) is 16.0 Å². The van der Waals surface area contributed by atoms with Gasteiger partial charge in [-0.2, -0.15) is 0 Å². The molecule has 0 saturated heterocycles. The van der Waals surface area contributed by atoms with Crippen LogP contribution in [0.4, 0.5) is 9.59 Å². The lowest BCUT2D eigenvalue weighted by molar-refractivity contribution is -0.138. The number of carboxylic acids is 1. The van der Waals surface area contributed by atoms with Crippen LogP contribution in [0.2, 0.25) is 0 Å². The number of thioether (sulfide) groups is 1. The Morgan fingerprint density at radius 2 is 1.61 bits per heavy atom. The molecule has 190 valence electrons. The monoisotopic (exact) mass is 513 g/mol. The number of hydrogen-bond acceptors (Lipinski definition) is 7. The highest BCUT2D eigenvalue weighted by molar-refractivity contribution is 7.99. The first-order valence-corrected chi connectivity index (χ1v) is 12.3. The normalized spacial score (nSPS) is 12.4. The van der Waals surface area contributed by atoms with Gasteiger partial charge in [-0.3, -0.25) is 4.79 Å². The highest BCUT2D eigenvalue weighted by Gasteiger charge is 2.29. The Kier molecular flexibility index (Phi) is 9.75. The second-order valence-corrected chi connectivity index (χ2v) is 8.75. The van der Waals surface area contributed by atoms with E-state index in [4.69, 9.17) is 4.74 Å². The second-order valence-electron chi connectivity index (χ2n) is 7.72. The van der Waals surface area contributed by atoms with Gasteiger partial charge in [0.2, 0.25) is 5.91 Å². The van der Waals surface area contributed by atoms with Gasteiger partial charge in [0.25, 0.3) is 0 Å². The van der Waals surface area contributed by atoms with Gasteiger partial charge in [-0.25, -0.2) is 14.4 Å². The van der Waals surface area contributed by atoms with Crippen LogP contribution in [-0.4, -0.2) is 66.6 Å². The maximum absolute atomic E-state index is 12.4. The summed E-state index contributed by atoms with van der Waals surface area (Å²) in [5.74, 6) is -1.77. The van der Waals surface area contributed by atoms with E-state index in [1.54, 1.807) is 0 Å². The fraction of sp³-hybridized carbons (Fsp3) is 0.280. The summed E-state index contributed by atoms with van der Waals surface area (Å²) in [4.78, 5) is 47.0. The van der Waals surface area contributed by atoms with Crippen molar-refractivity contribution in [3.05, 3.63) is 72.3 Å². The molecule has 3 amide bonds. The molecule has 0 heterocycles. The van der Waals surface area contributed by atoms with Crippen LogP contribution in [-0.2, 0) is 19.1 Å². The Morgan fingerprint density at radius 3 is 2.22 bits per heavy atom. The molecule has 0 fully saturated rings. The first-order valence-electron chi connectivity index (χ1n) is 11.1. The molecule has 0 spiro atoms. The molecule has 3 rings (SSSR count). The largest absolute Gasteiger partial charge is 0.480 e. The van der Waals surface area contributed by atoms with Gasteiger partial charge >= 0.3 is 18.2 Å². The van der Waals surface area contributed by atoms with E-state index in [0.29, 0.717) is 0 Å². The second kappa shape index (κ2) is 13.2. The van der Waals surface area contributed by atoms with Crippen molar-refractivity contribution in [2.45, 2.75) is 12.0 Å². The van der Waals surface area contributed by atoms with E-state index in [-0.39, 0.29) is 37.3 Å². The van der Waals surface area contributed by atoms with E-state index >= 15 is 0 Å². The third kappa shape index (κ3) is 7.25. The van der Waals surface area contributed by atoms with Crippen molar-refractivity contribution in [1.29, 1.82) is 0 Å². The van der Waals surface area contributed by atoms with Gasteiger partial charge in [-0.05, 0) is 22.3 Å². The van der Waals surface area contributed by atoms with Gasteiger partial charge < -0.3 is 30.5 Å². The molecule has 10 nitrogen and oxygen atoms in total. The van der Waals surface area contributed by atoms with Crippen LogP contribution < -0.4 is 16.0 Å². The number of aliphatic carboxylic acids is 1. The average Bonchev–Trinajstić information content (AvgIpc) is 3.20. The fourth-order valence-electron chi connectivity index (χ4n) is 3.67. The van der Waals surface area contributed by atoms with E-state index < -0.39 is 30.1 Å². The van der Waals surface area contributed by atoms with Crippen molar-refractivity contribution >= 4 is 35.8 Å². The van der Waals surface area contributed by atoms with Crippen molar-refractivity contribution in [2.24, 2.45) is 0 Å². The molecule has 1 atom stereocenters. The minimum atomic E-state index is -1.23. The summed E-state index contributed by atoms with van der Waals surface area (Å²) in [5.41, 5.74) is 4.28. The fourth-order valence-corrected chi connectivity index (χ4v) is 4.51. The average molecular weight is 514 g/mol. The summed E-state index contributed by atoms with van der Waals surface area (Å²) in [7, 11) is 0. The number of alkyl carbamates (subject to hydrolysis) is 2. The quantitative estimate of drug-likeness (QED) is 0.193. The van der Waals surface area contributed by atoms with E-state index in [1.807, 2.05) is 48.5 Å². The van der Waals surface area contributed by atoms with Gasteiger partial charge in [-0.15, -0.1) is 11.8 Å². The Hall–Kier alpha value is -3.99. The van der Waals surface area contributed by atoms with Crippen molar-refractivity contribution in [3.63, 3.8) is 0 Å². The molecule has 36 heavy (non-hydrogen) atoms. The number of rotatable bonds is 12. The van der Waals surface area contributed by atoms with E-state index in [9.17, 15) is 24.3 Å². The van der Waals surface area contributed by atoms with E-state index in [2.05, 4.69) is 27.3 Å². The molecule has 2 aromatic rings. The summed E-state index contributed by atoms with van der Waals surface area (Å²) < 4.78 is 10.1. The van der Waals surface area contributed by atoms with Crippen LogP contribution in [0.3, 0.4) is 0 Å². The highest BCUT2D eigenvalue weighted by Crippen LogP contribution is 2.44. The minimum Gasteiger partial charge on any atom is -0.480 e. The summed E-state index contributed by atoms with van der Waals surface area (Å²) in [6.07, 6.45) is -0.196. The summed E-state index contributed by atoms with van der Waals surface area (Å²) in [5, 5.41) is 16.6. The molecule has 0 saturated carbocycles.